The molecule has 1 atom stereocenters. The summed E-state index contributed by atoms with van der Waals surface area (Å²) in [6, 6.07) is 11.5. The van der Waals surface area contributed by atoms with Gasteiger partial charge in [0.25, 0.3) is 0 Å². The number of hydrazine groups is 1. The third kappa shape index (κ3) is 3.51. The number of hydrogen-bond donors (Lipinski definition) is 2. The van der Waals surface area contributed by atoms with Crippen molar-refractivity contribution in [2.45, 2.75) is 13.0 Å². The van der Waals surface area contributed by atoms with E-state index in [1.54, 1.807) is 13.2 Å². The lowest BCUT2D eigenvalue weighted by atomic mass is 9.98. The fourth-order valence-electron chi connectivity index (χ4n) is 2.25. The van der Waals surface area contributed by atoms with Crippen LogP contribution in [-0.2, 0) is 0 Å². The fraction of sp³-hybridized carbons (Fsp3) is 0.250. The van der Waals surface area contributed by atoms with Crippen molar-refractivity contribution in [3.05, 3.63) is 59.4 Å². The molecule has 2 aromatic rings. The van der Waals surface area contributed by atoms with Gasteiger partial charge in [-0.2, -0.15) is 0 Å². The van der Waals surface area contributed by atoms with E-state index in [4.69, 9.17) is 15.3 Å². The summed E-state index contributed by atoms with van der Waals surface area (Å²) in [6.45, 7) is 2.49. The lowest BCUT2D eigenvalue weighted by molar-refractivity contribution is 0.339. The number of rotatable bonds is 6. The molecular weight excluding hydrogens is 271 g/mol. The predicted molar refractivity (Wildman–Crippen MR) is 79.7 cm³/mol. The van der Waals surface area contributed by atoms with Gasteiger partial charge in [-0.25, -0.2) is 9.82 Å². The molecule has 0 amide bonds. The molecule has 0 saturated heterocycles. The molecule has 3 N–H and O–H groups in total. The van der Waals surface area contributed by atoms with Crippen molar-refractivity contribution in [3.63, 3.8) is 0 Å². The van der Waals surface area contributed by atoms with Crippen molar-refractivity contribution in [1.82, 2.24) is 5.43 Å². The number of benzene rings is 2. The largest absolute Gasteiger partial charge is 0.496 e. The Balaban J connectivity index is 2.44. The van der Waals surface area contributed by atoms with E-state index in [9.17, 15) is 4.39 Å². The Kier molecular flexibility index (Phi) is 5.14. The van der Waals surface area contributed by atoms with Crippen LogP contribution in [0, 0.1) is 5.82 Å². The molecule has 1 unspecified atom stereocenters. The molecule has 2 rings (SSSR count). The SMILES string of the molecule is CCOc1cccc(C(NN)c2cc(F)ccc2OC)c1. The van der Waals surface area contributed by atoms with Crippen LogP contribution >= 0.6 is 0 Å². The molecule has 21 heavy (non-hydrogen) atoms. The average Bonchev–Trinajstić information content (AvgIpc) is 2.49. The maximum Gasteiger partial charge on any atom is 0.124 e. The maximum absolute atomic E-state index is 13.5. The van der Waals surface area contributed by atoms with Crippen LogP contribution in [0.15, 0.2) is 42.5 Å². The van der Waals surface area contributed by atoms with Gasteiger partial charge < -0.3 is 9.47 Å². The Morgan fingerprint density at radius 2 is 2.05 bits per heavy atom. The van der Waals surface area contributed by atoms with Crippen LogP contribution in [0.4, 0.5) is 4.39 Å². The van der Waals surface area contributed by atoms with Gasteiger partial charge in [-0.15, -0.1) is 0 Å². The maximum atomic E-state index is 13.5. The highest BCUT2D eigenvalue weighted by atomic mass is 19.1. The van der Waals surface area contributed by atoms with E-state index < -0.39 is 6.04 Å². The first-order valence-electron chi connectivity index (χ1n) is 6.72. The van der Waals surface area contributed by atoms with E-state index in [-0.39, 0.29) is 5.82 Å². The van der Waals surface area contributed by atoms with Crippen molar-refractivity contribution < 1.29 is 13.9 Å². The van der Waals surface area contributed by atoms with E-state index in [0.29, 0.717) is 17.9 Å². The molecule has 4 nitrogen and oxygen atoms in total. The zero-order chi connectivity index (χ0) is 15.2. The average molecular weight is 290 g/mol. The van der Waals surface area contributed by atoms with Crippen molar-refractivity contribution in [2.24, 2.45) is 5.84 Å². The molecule has 0 aromatic heterocycles. The summed E-state index contributed by atoms with van der Waals surface area (Å²) in [7, 11) is 1.54. The van der Waals surface area contributed by atoms with Crippen molar-refractivity contribution in [3.8, 4) is 11.5 Å². The summed E-state index contributed by atoms with van der Waals surface area (Å²) in [5.74, 6) is 6.64. The summed E-state index contributed by atoms with van der Waals surface area (Å²) < 4.78 is 24.3. The second-order valence-electron chi connectivity index (χ2n) is 4.49. The quantitative estimate of drug-likeness (QED) is 0.634. The summed E-state index contributed by atoms with van der Waals surface area (Å²) in [5.41, 5.74) is 4.20. The van der Waals surface area contributed by atoms with Crippen molar-refractivity contribution in [2.75, 3.05) is 13.7 Å². The first-order valence-corrected chi connectivity index (χ1v) is 6.72. The zero-order valence-electron chi connectivity index (χ0n) is 12.1. The lowest BCUT2D eigenvalue weighted by Crippen LogP contribution is -2.29. The smallest absolute Gasteiger partial charge is 0.124 e. The molecule has 0 spiro atoms. The standard InChI is InChI=1S/C16H19FN2O2/c1-3-21-13-6-4-5-11(9-13)16(19-18)14-10-12(17)7-8-15(14)20-2/h4-10,16,19H,3,18H2,1-2H3. The molecule has 0 aliphatic heterocycles. The van der Waals surface area contributed by atoms with Gasteiger partial charge in [0.05, 0.1) is 19.8 Å². The van der Waals surface area contributed by atoms with E-state index >= 15 is 0 Å². The van der Waals surface area contributed by atoms with Gasteiger partial charge in [-0.05, 0) is 42.8 Å². The van der Waals surface area contributed by atoms with E-state index in [1.165, 1.54) is 12.1 Å². The molecule has 112 valence electrons. The molecule has 0 saturated carbocycles. The minimum absolute atomic E-state index is 0.341. The second-order valence-corrected chi connectivity index (χ2v) is 4.49. The summed E-state index contributed by atoms with van der Waals surface area (Å²) >= 11 is 0. The third-order valence-corrected chi connectivity index (χ3v) is 3.17. The predicted octanol–water partition coefficient (Wildman–Crippen LogP) is 2.79. The highest BCUT2D eigenvalue weighted by molar-refractivity contribution is 5.43. The highest BCUT2D eigenvalue weighted by Gasteiger charge is 2.18. The monoisotopic (exact) mass is 290 g/mol. The van der Waals surface area contributed by atoms with Crippen molar-refractivity contribution >= 4 is 0 Å². The Morgan fingerprint density at radius 3 is 2.71 bits per heavy atom. The van der Waals surface area contributed by atoms with E-state index in [0.717, 1.165) is 11.3 Å². The molecule has 0 radical (unpaired) electrons. The number of hydrogen-bond acceptors (Lipinski definition) is 4. The lowest BCUT2D eigenvalue weighted by Gasteiger charge is -2.20. The Morgan fingerprint density at radius 1 is 1.24 bits per heavy atom. The van der Waals surface area contributed by atoms with Gasteiger partial charge in [0.2, 0.25) is 0 Å². The number of nitrogens with one attached hydrogen (secondary N) is 1. The van der Waals surface area contributed by atoms with Gasteiger partial charge in [0.15, 0.2) is 0 Å². The summed E-state index contributed by atoms with van der Waals surface area (Å²) in [4.78, 5) is 0. The minimum atomic E-state index is -0.393. The van der Waals surface area contributed by atoms with E-state index in [2.05, 4.69) is 5.43 Å². The number of halogens is 1. The molecule has 0 bridgehead atoms. The first-order chi connectivity index (χ1) is 10.2. The summed E-state index contributed by atoms with van der Waals surface area (Å²) in [6.07, 6.45) is 0. The highest BCUT2D eigenvalue weighted by Crippen LogP contribution is 2.31. The normalized spacial score (nSPS) is 12.0. The van der Waals surface area contributed by atoms with Gasteiger partial charge in [-0.3, -0.25) is 5.84 Å². The van der Waals surface area contributed by atoms with Gasteiger partial charge in [0, 0.05) is 5.56 Å². The number of ether oxygens (including phenoxy) is 2. The van der Waals surface area contributed by atoms with Crippen LogP contribution in [0.2, 0.25) is 0 Å². The number of nitrogens with two attached hydrogens (primary N) is 1. The van der Waals surface area contributed by atoms with Crippen LogP contribution in [-0.4, -0.2) is 13.7 Å². The van der Waals surface area contributed by atoms with E-state index in [1.807, 2.05) is 31.2 Å². The summed E-state index contributed by atoms with van der Waals surface area (Å²) in [5, 5.41) is 0. The molecule has 0 aliphatic carbocycles. The minimum Gasteiger partial charge on any atom is -0.496 e. The van der Waals surface area contributed by atoms with Gasteiger partial charge in [-0.1, -0.05) is 12.1 Å². The van der Waals surface area contributed by atoms with Crippen LogP contribution in [0.3, 0.4) is 0 Å². The zero-order valence-corrected chi connectivity index (χ0v) is 12.1. The van der Waals surface area contributed by atoms with Crippen LogP contribution in [0.1, 0.15) is 24.1 Å². The molecule has 2 aromatic carbocycles. The molecule has 0 fully saturated rings. The molecular formula is C16H19FN2O2. The number of methoxy groups -OCH3 is 1. The van der Waals surface area contributed by atoms with Gasteiger partial charge >= 0.3 is 0 Å². The Labute approximate surface area is 123 Å². The second kappa shape index (κ2) is 7.06. The van der Waals surface area contributed by atoms with Crippen LogP contribution < -0.4 is 20.7 Å². The first kappa shape index (κ1) is 15.3. The topological polar surface area (TPSA) is 56.5 Å². The van der Waals surface area contributed by atoms with Crippen LogP contribution in [0.5, 0.6) is 11.5 Å². The van der Waals surface area contributed by atoms with Crippen LogP contribution in [0.25, 0.3) is 0 Å². The third-order valence-electron chi connectivity index (χ3n) is 3.17. The van der Waals surface area contributed by atoms with Gasteiger partial charge in [0.1, 0.15) is 17.3 Å². The molecule has 0 heterocycles. The Bertz CT molecular complexity index is 605. The van der Waals surface area contributed by atoms with Crippen molar-refractivity contribution in [1.29, 1.82) is 0 Å². The fourth-order valence-corrected chi connectivity index (χ4v) is 2.25. The Hall–Kier alpha value is -2.11. The molecule has 0 aliphatic rings. The molecule has 5 heteroatoms.